The van der Waals surface area contributed by atoms with E-state index in [0.29, 0.717) is 13.2 Å². The highest BCUT2D eigenvalue weighted by atomic mass is 16.6. The molecule has 4 heteroatoms. The number of benzene rings is 2. The van der Waals surface area contributed by atoms with E-state index in [1.165, 1.54) is 21.9 Å². The van der Waals surface area contributed by atoms with Gasteiger partial charge in [-0.2, -0.15) is 0 Å². The first-order valence-corrected chi connectivity index (χ1v) is 8.22. The molecule has 2 aromatic rings. The molecule has 2 aromatic carbocycles. The maximum Gasteiger partial charge on any atom is 0.410 e. The first-order valence-electron chi connectivity index (χ1n) is 8.22. The number of nitrogens with zero attached hydrogens (tertiary/aromatic N) is 1. The Balaban J connectivity index is 2.04. The van der Waals surface area contributed by atoms with E-state index < -0.39 is 0 Å². The van der Waals surface area contributed by atoms with Crippen LogP contribution in [0.4, 0.5) is 4.79 Å². The van der Waals surface area contributed by atoms with Gasteiger partial charge in [-0.1, -0.05) is 25.1 Å². The fourth-order valence-electron chi connectivity index (χ4n) is 3.53. The second-order valence-corrected chi connectivity index (χ2v) is 5.79. The summed E-state index contributed by atoms with van der Waals surface area (Å²) in [4.78, 5) is 14.1. The van der Waals surface area contributed by atoms with Crippen molar-refractivity contribution >= 4 is 16.9 Å². The SMILES string of the molecule is CCOC(=O)N1CCc2c(ccc3cc(OC)ccc23)[C@@H]1CC. The Hall–Kier alpha value is -2.23. The maximum absolute atomic E-state index is 12.2. The molecule has 1 amide bonds. The van der Waals surface area contributed by atoms with Crippen LogP contribution >= 0.6 is 0 Å². The number of ether oxygens (including phenoxy) is 2. The number of hydrogen-bond donors (Lipinski definition) is 0. The molecule has 1 heterocycles. The first kappa shape index (κ1) is 15.7. The zero-order valence-corrected chi connectivity index (χ0v) is 14.0. The van der Waals surface area contributed by atoms with Crippen molar-refractivity contribution < 1.29 is 14.3 Å². The number of hydrogen-bond acceptors (Lipinski definition) is 3. The van der Waals surface area contributed by atoms with Gasteiger partial charge in [-0.05, 0) is 53.8 Å². The summed E-state index contributed by atoms with van der Waals surface area (Å²) in [5, 5.41) is 2.44. The Bertz CT molecular complexity index is 726. The van der Waals surface area contributed by atoms with E-state index >= 15 is 0 Å². The van der Waals surface area contributed by atoms with Gasteiger partial charge in [0.05, 0.1) is 19.8 Å². The van der Waals surface area contributed by atoms with Gasteiger partial charge in [0.2, 0.25) is 0 Å². The zero-order chi connectivity index (χ0) is 16.4. The highest BCUT2D eigenvalue weighted by Gasteiger charge is 2.31. The molecule has 0 saturated heterocycles. The first-order chi connectivity index (χ1) is 11.2. The van der Waals surface area contributed by atoms with Gasteiger partial charge in [0.1, 0.15) is 5.75 Å². The molecule has 3 rings (SSSR count). The minimum absolute atomic E-state index is 0.0873. The topological polar surface area (TPSA) is 38.8 Å². The average molecular weight is 313 g/mol. The number of carbonyl (C=O) groups is 1. The summed E-state index contributed by atoms with van der Waals surface area (Å²) in [6, 6.07) is 10.5. The molecule has 0 bridgehead atoms. The van der Waals surface area contributed by atoms with Crippen LogP contribution in [0.2, 0.25) is 0 Å². The minimum atomic E-state index is -0.208. The summed E-state index contributed by atoms with van der Waals surface area (Å²) in [5.74, 6) is 0.869. The zero-order valence-electron chi connectivity index (χ0n) is 14.0. The van der Waals surface area contributed by atoms with Crippen LogP contribution < -0.4 is 4.74 Å². The summed E-state index contributed by atoms with van der Waals surface area (Å²) in [6.45, 7) is 5.08. The molecule has 1 aliphatic heterocycles. The molecular formula is C19H23NO3. The van der Waals surface area contributed by atoms with Crippen molar-refractivity contribution in [3.63, 3.8) is 0 Å². The van der Waals surface area contributed by atoms with Crippen molar-refractivity contribution in [2.24, 2.45) is 0 Å². The van der Waals surface area contributed by atoms with Crippen LogP contribution in [0.3, 0.4) is 0 Å². The molecule has 1 aliphatic rings. The van der Waals surface area contributed by atoms with Gasteiger partial charge in [0, 0.05) is 6.54 Å². The van der Waals surface area contributed by atoms with Crippen LogP contribution in [-0.2, 0) is 11.2 Å². The monoisotopic (exact) mass is 313 g/mol. The van der Waals surface area contributed by atoms with E-state index in [1.807, 2.05) is 17.9 Å². The van der Waals surface area contributed by atoms with Gasteiger partial charge in [-0.15, -0.1) is 0 Å². The minimum Gasteiger partial charge on any atom is -0.497 e. The molecule has 0 radical (unpaired) electrons. The molecule has 0 aliphatic carbocycles. The van der Waals surface area contributed by atoms with Crippen LogP contribution in [0, 0.1) is 0 Å². The molecule has 0 unspecified atom stereocenters. The molecule has 0 N–H and O–H groups in total. The highest BCUT2D eigenvalue weighted by Crippen LogP contribution is 2.37. The number of carbonyl (C=O) groups excluding carboxylic acids is 1. The van der Waals surface area contributed by atoms with E-state index in [9.17, 15) is 4.79 Å². The van der Waals surface area contributed by atoms with E-state index in [-0.39, 0.29) is 12.1 Å². The van der Waals surface area contributed by atoms with E-state index in [4.69, 9.17) is 9.47 Å². The van der Waals surface area contributed by atoms with Crippen molar-refractivity contribution in [1.82, 2.24) is 4.90 Å². The lowest BCUT2D eigenvalue weighted by Gasteiger charge is -2.36. The lowest BCUT2D eigenvalue weighted by atomic mass is 9.87. The third-order valence-electron chi connectivity index (χ3n) is 4.60. The Morgan fingerprint density at radius 3 is 2.78 bits per heavy atom. The Morgan fingerprint density at radius 2 is 2.09 bits per heavy atom. The lowest BCUT2D eigenvalue weighted by Crippen LogP contribution is -2.40. The summed E-state index contributed by atoms with van der Waals surface area (Å²) in [6.07, 6.45) is 1.53. The van der Waals surface area contributed by atoms with E-state index in [2.05, 4.69) is 31.2 Å². The fourth-order valence-corrected chi connectivity index (χ4v) is 3.53. The Labute approximate surface area is 137 Å². The molecule has 23 heavy (non-hydrogen) atoms. The average Bonchev–Trinajstić information content (AvgIpc) is 2.59. The smallest absolute Gasteiger partial charge is 0.410 e. The molecule has 1 atom stereocenters. The predicted octanol–water partition coefficient (Wildman–Crippen LogP) is 4.31. The van der Waals surface area contributed by atoms with Gasteiger partial charge >= 0.3 is 6.09 Å². The van der Waals surface area contributed by atoms with Gasteiger partial charge in [-0.25, -0.2) is 4.79 Å². The van der Waals surface area contributed by atoms with Gasteiger partial charge in [-0.3, -0.25) is 0 Å². The number of amides is 1. The molecular weight excluding hydrogens is 290 g/mol. The fraction of sp³-hybridized carbons (Fsp3) is 0.421. The van der Waals surface area contributed by atoms with E-state index in [0.717, 1.165) is 18.6 Å². The predicted molar refractivity (Wildman–Crippen MR) is 91.0 cm³/mol. The van der Waals surface area contributed by atoms with Crippen LogP contribution in [0.5, 0.6) is 5.75 Å². The largest absolute Gasteiger partial charge is 0.497 e. The second kappa shape index (κ2) is 6.49. The van der Waals surface area contributed by atoms with Crippen LogP contribution in [-0.4, -0.2) is 31.3 Å². The van der Waals surface area contributed by atoms with Crippen molar-refractivity contribution in [2.45, 2.75) is 32.7 Å². The van der Waals surface area contributed by atoms with Crippen LogP contribution in [0.15, 0.2) is 30.3 Å². The Kier molecular flexibility index (Phi) is 4.42. The number of methoxy groups -OCH3 is 1. The molecule has 0 saturated carbocycles. The summed E-state index contributed by atoms with van der Waals surface area (Å²) in [7, 11) is 1.68. The third kappa shape index (κ3) is 2.74. The molecule has 0 aromatic heterocycles. The lowest BCUT2D eigenvalue weighted by molar-refractivity contribution is 0.0857. The quantitative estimate of drug-likeness (QED) is 0.847. The summed E-state index contributed by atoms with van der Waals surface area (Å²) < 4.78 is 10.5. The van der Waals surface area contributed by atoms with Crippen molar-refractivity contribution in [3.05, 3.63) is 41.5 Å². The third-order valence-corrected chi connectivity index (χ3v) is 4.60. The molecule has 0 fully saturated rings. The highest BCUT2D eigenvalue weighted by molar-refractivity contribution is 5.88. The number of fused-ring (bicyclic) bond motifs is 3. The molecule has 4 nitrogen and oxygen atoms in total. The molecule has 122 valence electrons. The number of rotatable bonds is 3. The van der Waals surface area contributed by atoms with E-state index in [1.54, 1.807) is 7.11 Å². The Morgan fingerprint density at radius 1 is 1.26 bits per heavy atom. The maximum atomic E-state index is 12.2. The summed E-state index contributed by atoms with van der Waals surface area (Å²) >= 11 is 0. The summed E-state index contributed by atoms with van der Waals surface area (Å²) in [5.41, 5.74) is 2.59. The van der Waals surface area contributed by atoms with Crippen LogP contribution in [0.25, 0.3) is 10.8 Å². The van der Waals surface area contributed by atoms with Crippen LogP contribution in [0.1, 0.15) is 37.4 Å². The standard InChI is InChI=1S/C19H23NO3/c1-4-18-17-8-6-13-12-14(22-3)7-9-15(13)16(17)10-11-20(18)19(21)23-5-2/h6-9,12,18H,4-5,10-11H2,1-3H3/t18-/m0/s1. The van der Waals surface area contributed by atoms with Gasteiger partial charge in [0.25, 0.3) is 0 Å². The second-order valence-electron chi connectivity index (χ2n) is 5.79. The van der Waals surface area contributed by atoms with Crippen molar-refractivity contribution in [2.75, 3.05) is 20.3 Å². The van der Waals surface area contributed by atoms with Gasteiger partial charge in [0.15, 0.2) is 0 Å². The van der Waals surface area contributed by atoms with Crippen molar-refractivity contribution in [1.29, 1.82) is 0 Å². The molecule has 0 spiro atoms. The normalized spacial score (nSPS) is 17.0. The van der Waals surface area contributed by atoms with Gasteiger partial charge < -0.3 is 14.4 Å². The van der Waals surface area contributed by atoms with Crippen molar-refractivity contribution in [3.8, 4) is 5.75 Å².